The number of nitrogens with zero attached hydrogens (tertiary/aromatic N) is 1. The number of benzene rings is 1. The highest BCUT2D eigenvalue weighted by Crippen LogP contribution is 2.30. The van der Waals surface area contributed by atoms with Crippen molar-refractivity contribution in [1.82, 2.24) is 10.2 Å². The van der Waals surface area contributed by atoms with Crippen LogP contribution in [-0.2, 0) is 9.53 Å². The first-order valence-corrected chi connectivity index (χ1v) is 7.51. The molecule has 2 unspecified atom stereocenters. The summed E-state index contributed by atoms with van der Waals surface area (Å²) in [7, 11) is 1.66. The van der Waals surface area contributed by atoms with E-state index < -0.39 is 0 Å². The molecule has 3 rings (SSSR count). The summed E-state index contributed by atoms with van der Waals surface area (Å²) < 4.78 is 10.5. The van der Waals surface area contributed by atoms with Crippen molar-refractivity contribution in [3.63, 3.8) is 0 Å². The molecule has 114 valence electrons. The Bertz CT molecular complexity index is 483. The Morgan fingerprint density at radius 2 is 1.95 bits per heavy atom. The molecule has 0 spiro atoms. The molecule has 2 atom stereocenters. The molecular formula is C16H22N2O3. The van der Waals surface area contributed by atoms with Crippen LogP contribution in [0.1, 0.15) is 11.5 Å². The van der Waals surface area contributed by atoms with Crippen molar-refractivity contribution in [3.05, 3.63) is 29.8 Å². The van der Waals surface area contributed by atoms with Gasteiger partial charge in [-0.25, -0.2) is 0 Å². The molecular weight excluding hydrogens is 268 g/mol. The monoisotopic (exact) mass is 290 g/mol. The van der Waals surface area contributed by atoms with Crippen LogP contribution in [0.2, 0.25) is 0 Å². The second-order valence-corrected chi connectivity index (χ2v) is 5.58. The van der Waals surface area contributed by atoms with Crippen LogP contribution in [0.4, 0.5) is 0 Å². The van der Waals surface area contributed by atoms with Gasteiger partial charge >= 0.3 is 0 Å². The third kappa shape index (κ3) is 3.04. The summed E-state index contributed by atoms with van der Waals surface area (Å²) >= 11 is 0. The Morgan fingerprint density at radius 3 is 2.62 bits per heavy atom. The van der Waals surface area contributed by atoms with E-state index in [4.69, 9.17) is 9.47 Å². The van der Waals surface area contributed by atoms with Crippen molar-refractivity contribution in [2.45, 2.75) is 5.92 Å². The number of morpholine rings is 1. The third-order valence-corrected chi connectivity index (χ3v) is 4.40. The highest BCUT2D eigenvalue weighted by Gasteiger charge is 2.36. The van der Waals surface area contributed by atoms with Crippen LogP contribution >= 0.6 is 0 Å². The minimum atomic E-state index is 0.0245. The number of carbonyl (C=O) groups is 1. The zero-order valence-corrected chi connectivity index (χ0v) is 12.4. The minimum Gasteiger partial charge on any atom is -0.497 e. The smallest absolute Gasteiger partial charge is 0.227 e. The SMILES string of the molecule is COc1ccc(C2CNCC2C(=O)N2CCOCC2)cc1. The Balaban J connectivity index is 1.73. The van der Waals surface area contributed by atoms with E-state index in [1.807, 2.05) is 17.0 Å². The molecule has 1 aromatic carbocycles. The van der Waals surface area contributed by atoms with Gasteiger partial charge in [-0.15, -0.1) is 0 Å². The quantitative estimate of drug-likeness (QED) is 0.897. The Labute approximate surface area is 125 Å². The van der Waals surface area contributed by atoms with Gasteiger partial charge in [-0.05, 0) is 17.7 Å². The Hall–Kier alpha value is -1.59. The lowest BCUT2D eigenvalue weighted by Gasteiger charge is -2.31. The third-order valence-electron chi connectivity index (χ3n) is 4.40. The van der Waals surface area contributed by atoms with Crippen molar-refractivity contribution in [2.24, 2.45) is 5.92 Å². The van der Waals surface area contributed by atoms with Crippen molar-refractivity contribution in [3.8, 4) is 5.75 Å². The number of amides is 1. The molecule has 2 fully saturated rings. The van der Waals surface area contributed by atoms with Gasteiger partial charge in [-0.3, -0.25) is 4.79 Å². The summed E-state index contributed by atoms with van der Waals surface area (Å²) in [5.41, 5.74) is 1.20. The molecule has 0 saturated carbocycles. The molecule has 0 bridgehead atoms. The van der Waals surface area contributed by atoms with E-state index in [2.05, 4.69) is 17.4 Å². The maximum absolute atomic E-state index is 12.7. The molecule has 5 nitrogen and oxygen atoms in total. The van der Waals surface area contributed by atoms with Gasteiger partial charge in [0.1, 0.15) is 5.75 Å². The summed E-state index contributed by atoms with van der Waals surface area (Å²) in [4.78, 5) is 14.7. The molecule has 1 N–H and O–H groups in total. The fraction of sp³-hybridized carbons (Fsp3) is 0.562. The Kier molecular flexibility index (Phi) is 4.41. The lowest BCUT2D eigenvalue weighted by atomic mass is 9.88. The fourth-order valence-corrected chi connectivity index (χ4v) is 3.16. The van der Waals surface area contributed by atoms with Crippen LogP contribution < -0.4 is 10.1 Å². The molecule has 0 aromatic heterocycles. The number of ether oxygens (including phenoxy) is 2. The van der Waals surface area contributed by atoms with Crippen molar-refractivity contribution in [2.75, 3.05) is 46.5 Å². The molecule has 2 heterocycles. The van der Waals surface area contributed by atoms with Gasteiger partial charge in [0.05, 0.1) is 26.2 Å². The molecule has 1 aromatic rings. The van der Waals surface area contributed by atoms with E-state index in [0.717, 1.165) is 18.8 Å². The van der Waals surface area contributed by atoms with Crippen LogP contribution in [0.15, 0.2) is 24.3 Å². The number of methoxy groups -OCH3 is 1. The average molecular weight is 290 g/mol. The van der Waals surface area contributed by atoms with E-state index in [0.29, 0.717) is 26.3 Å². The first kappa shape index (κ1) is 14.4. The second kappa shape index (κ2) is 6.45. The Morgan fingerprint density at radius 1 is 1.24 bits per heavy atom. The second-order valence-electron chi connectivity index (χ2n) is 5.58. The first-order chi connectivity index (χ1) is 10.3. The molecule has 5 heteroatoms. The van der Waals surface area contributed by atoms with Gasteiger partial charge in [0.15, 0.2) is 0 Å². The highest BCUT2D eigenvalue weighted by atomic mass is 16.5. The molecule has 1 amide bonds. The number of hydrogen-bond donors (Lipinski definition) is 1. The first-order valence-electron chi connectivity index (χ1n) is 7.51. The summed E-state index contributed by atoms with van der Waals surface area (Å²) in [5.74, 6) is 1.37. The molecule has 2 aliphatic rings. The molecule has 0 radical (unpaired) electrons. The predicted molar refractivity (Wildman–Crippen MR) is 79.5 cm³/mol. The maximum atomic E-state index is 12.7. The molecule has 2 saturated heterocycles. The van der Waals surface area contributed by atoms with E-state index in [1.165, 1.54) is 5.56 Å². The van der Waals surface area contributed by atoms with Gasteiger partial charge in [0.2, 0.25) is 5.91 Å². The molecule has 2 aliphatic heterocycles. The van der Waals surface area contributed by atoms with Gasteiger partial charge in [-0.1, -0.05) is 12.1 Å². The average Bonchev–Trinajstić information content (AvgIpc) is 3.04. The normalized spacial score (nSPS) is 25.9. The summed E-state index contributed by atoms with van der Waals surface area (Å²) in [6, 6.07) is 8.06. The zero-order chi connectivity index (χ0) is 14.7. The number of carbonyl (C=O) groups excluding carboxylic acids is 1. The number of rotatable bonds is 3. The van der Waals surface area contributed by atoms with Crippen LogP contribution in [0, 0.1) is 5.92 Å². The van der Waals surface area contributed by atoms with Gasteiger partial charge in [-0.2, -0.15) is 0 Å². The summed E-state index contributed by atoms with van der Waals surface area (Å²) in [5, 5.41) is 3.36. The standard InChI is InChI=1S/C16H22N2O3/c1-20-13-4-2-12(3-5-13)14-10-17-11-15(14)16(19)18-6-8-21-9-7-18/h2-5,14-15,17H,6-11H2,1H3. The summed E-state index contributed by atoms with van der Waals surface area (Å²) in [6.45, 7) is 4.34. The maximum Gasteiger partial charge on any atom is 0.227 e. The van der Waals surface area contributed by atoms with Crippen LogP contribution in [0.5, 0.6) is 5.75 Å². The predicted octanol–water partition coefficient (Wildman–Crippen LogP) is 0.857. The van der Waals surface area contributed by atoms with Crippen LogP contribution in [0.3, 0.4) is 0 Å². The number of hydrogen-bond acceptors (Lipinski definition) is 4. The molecule has 21 heavy (non-hydrogen) atoms. The van der Waals surface area contributed by atoms with E-state index >= 15 is 0 Å². The topological polar surface area (TPSA) is 50.8 Å². The van der Waals surface area contributed by atoms with E-state index in [1.54, 1.807) is 7.11 Å². The van der Waals surface area contributed by atoms with Crippen LogP contribution in [0.25, 0.3) is 0 Å². The van der Waals surface area contributed by atoms with Crippen LogP contribution in [-0.4, -0.2) is 57.3 Å². The van der Waals surface area contributed by atoms with E-state index in [-0.39, 0.29) is 17.7 Å². The van der Waals surface area contributed by atoms with Gasteiger partial charge < -0.3 is 19.7 Å². The number of nitrogens with one attached hydrogen (secondary N) is 1. The largest absolute Gasteiger partial charge is 0.497 e. The van der Waals surface area contributed by atoms with Crippen molar-refractivity contribution >= 4 is 5.91 Å². The fourth-order valence-electron chi connectivity index (χ4n) is 3.16. The van der Waals surface area contributed by atoms with Crippen molar-refractivity contribution in [1.29, 1.82) is 0 Å². The van der Waals surface area contributed by atoms with Gasteiger partial charge in [0.25, 0.3) is 0 Å². The van der Waals surface area contributed by atoms with Crippen molar-refractivity contribution < 1.29 is 14.3 Å². The highest BCUT2D eigenvalue weighted by molar-refractivity contribution is 5.80. The summed E-state index contributed by atoms with van der Waals surface area (Å²) in [6.07, 6.45) is 0. The van der Waals surface area contributed by atoms with E-state index in [9.17, 15) is 4.79 Å². The van der Waals surface area contributed by atoms with Gasteiger partial charge in [0, 0.05) is 32.1 Å². The zero-order valence-electron chi connectivity index (χ0n) is 12.4. The molecule has 0 aliphatic carbocycles. The lowest BCUT2D eigenvalue weighted by molar-refractivity contribution is -0.139. The lowest BCUT2D eigenvalue weighted by Crippen LogP contribution is -2.45. The minimum absolute atomic E-state index is 0.0245.